The molecule has 5 unspecified atom stereocenters. The van der Waals surface area contributed by atoms with Crippen molar-refractivity contribution in [2.45, 2.75) is 76.2 Å². The summed E-state index contributed by atoms with van der Waals surface area (Å²) in [6, 6.07) is 40.0. The fourth-order valence-electron chi connectivity index (χ4n) is 5.55. The van der Waals surface area contributed by atoms with Crippen molar-refractivity contribution in [1.29, 1.82) is 0 Å². The van der Waals surface area contributed by atoms with Gasteiger partial charge in [-0.25, -0.2) is 0 Å². The summed E-state index contributed by atoms with van der Waals surface area (Å²) in [5.74, 6) is 0.341. The Balaban J connectivity index is 1.48. The highest BCUT2D eigenvalue weighted by Gasteiger charge is 2.52. The summed E-state index contributed by atoms with van der Waals surface area (Å²) < 4.78 is 39.2. The van der Waals surface area contributed by atoms with Crippen molar-refractivity contribution in [1.82, 2.24) is 0 Å². The number of hydrogen-bond donors (Lipinski definition) is 0. The number of carbonyl (C=O) groups excluding carboxylic acids is 1. The van der Waals surface area contributed by atoms with Gasteiger partial charge in [-0.05, 0) is 28.0 Å². The first-order chi connectivity index (χ1) is 23.1. The Bertz CT molecular complexity index is 1440. The van der Waals surface area contributed by atoms with E-state index in [0.717, 1.165) is 28.0 Å². The molecular formula is C39H44O7S. The Morgan fingerprint density at radius 3 is 1.62 bits per heavy atom. The van der Waals surface area contributed by atoms with Crippen LogP contribution in [-0.2, 0) is 59.6 Å². The van der Waals surface area contributed by atoms with E-state index >= 15 is 0 Å². The van der Waals surface area contributed by atoms with Gasteiger partial charge in [-0.1, -0.05) is 128 Å². The van der Waals surface area contributed by atoms with Gasteiger partial charge in [0.2, 0.25) is 0 Å². The van der Waals surface area contributed by atoms with Crippen molar-refractivity contribution >= 4 is 17.7 Å². The molecule has 1 saturated heterocycles. The number of benzene rings is 4. The molecule has 0 aromatic heterocycles. The van der Waals surface area contributed by atoms with Gasteiger partial charge in [0.05, 0.1) is 33.0 Å². The van der Waals surface area contributed by atoms with Crippen LogP contribution in [0.2, 0.25) is 0 Å². The number of hydrogen-bond acceptors (Lipinski definition) is 8. The average Bonchev–Trinajstić information content (AvgIpc) is 3.11. The van der Waals surface area contributed by atoms with E-state index in [-0.39, 0.29) is 6.61 Å². The summed E-state index contributed by atoms with van der Waals surface area (Å²) >= 11 is 1.57. The highest BCUT2D eigenvalue weighted by Crippen LogP contribution is 2.37. The van der Waals surface area contributed by atoms with Gasteiger partial charge >= 0.3 is 5.97 Å². The third kappa shape index (κ3) is 10.8. The third-order valence-corrected chi connectivity index (χ3v) is 8.84. The Hall–Kier alpha value is -3.50. The molecule has 0 bridgehead atoms. The summed E-state index contributed by atoms with van der Waals surface area (Å²) in [6.07, 6.45) is -3.14. The minimum Gasteiger partial charge on any atom is -0.456 e. The number of thioether (sulfide) groups is 1. The van der Waals surface area contributed by atoms with Crippen LogP contribution in [0.3, 0.4) is 0 Å². The largest absolute Gasteiger partial charge is 0.456 e. The summed E-state index contributed by atoms with van der Waals surface area (Å²) in [4.78, 5) is 12.5. The lowest BCUT2D eigenvalue weighted by Crippen LogP contribution is -2.63. The molecule has 0 amide bonds. The molecule has 0 saturated carbocycles. The molecule has 1 heterocycles. The van der Waals surface area contributed by atoms with Crippen molar-refractivity contribution in [3.63, 3.8) is 0 Å². The van der Waals surface area contributed by atoms with Gasteiger partial charge in [0.15, 0.2) is 6.10 Å². The topological polar surface area (TPSA) is 72.5 Å². The Labute approximate surface area is 282 Å². The van der Waals surface area contributed by atoms with Crippen molar-refractivity contribution in [3.05, 3.63) is 144 Å². The standard InChI is InChI=1S/C39H44O7S/c1-3-47-39-38(45-29(2)40)37(44-27-33-22-14-7-15-23-33)36(43-26-32-20-12-6-13-21-32)35(46-39)34(42-25-31-18-10-5-11-19-31)28-41-24-30-16-8-4-9-17-30/h4-23,34-39H,3,24-28H2,1-2H3/t34-,35?,36?,37?,38?,39?/m1/s1. The van der Waals surface area contributed by atoms with Crippen LogP contribution in [0, 0.1) is 0 Å². The molecule has 0 N–H and O–H groups in total. The Morgan fingerprint density at radius 2 is 1.13 bits per heavy atom. The maximum absolute atomic E-state index is 12.5. The quantitative estimate of drug-likeness (QED) is 0.109. The zero-order chi connectivity index (χ0) is 32.7. The van der Waals surface area contributed by atoms with Crippen LogP contribution in [-0.4, -0.2) is 54.3 Å². The van der Waals surface area contributed by atoms with E-state index in [0.29, 0.717) is 26.4 Å². The number of rotatable bonds is 17. The van der Waals surface area contributed by atoms with Crippen molar-refractivity contribution in [2.24, 2.45) is 0 Å². The zero-order valence-corrected chi connectivity index (χ0v) is 27.8. The first kappa shape index (κ1) is 34.8. The van der Waals surface area contributed by atoms with Crippen LogP contribution in [0.5, 0.6) is 0 Å². The van der Waals surface area contributed by atoms with Crippen molar-refractivity contribution in [2.75, 3.05) is 12.4 Å². The van der Waals surface area contributed by atoms with Crippen LogP contribution < -0.4 is 0 Å². The van der Waals surface area contributed by atoms with Gasteiger partial charge in [0.25, 0.3) is 0 Å². The van der Waals surface area contributed by atoms with Gasteiger partial charge in [-0.2, -0.15) is 0 Å². The molecule has 4 aromatic carbocycles. The van der Waals surface area contributed by atoms with Gasteiger partial charge in [0, 0.05) is 6.92 Å². The van der Waals surface area contributed by atoms with Gasteiger partial charge in [0.1, 0.15) is 29.9 Å². The minimum absolute atomic E-state index is 0.255. The molecule has 7 nitrogen and oxygen atoms in total. The average molecular weight is 657 g/mol. The van der Waals surface area contributed by atoms with E-state index < -0.39 is 41.9 Å². The number of carbonyl (C=O) groups is 1. The molecule has 1 aliphatic rings. The van der Waals surface area contributed by atoms with Crippen LogP contribution in [0.1, 0.15) is 36.1 Å². The van der Waals surface area contributed by atoms with E-state index in [2.05, 4.69) is 6.92 Å². The predicted octanol–water partition coefficient (Wildman–Crippen LogP) is 7.37. The predicted molar refractivity (Wildman–Crippen MR) is 184 cm³/mol. The molecule has 248 valence electrons. The van der Waals surface area contributed by atoms with Crippen LogP contribution in [0.4, 0.5) is 0 Å². The third-order valence-electron chi connectivity index (χ3n) is 7.80. The molecule has 0 aliphatic carbocycles. The van der Waals surface area contributed by atoms with Crippen molar-refractivity contribution < 1.29 is 33.2 Å². The number of esters is 1. The summed E-state index contributed by atoms with van der Waals surface area (Å²) in [6.45, 7) is 5.13. The summed E-state index contributed by atoms with van der Waals surface area (Å²) in [5.41, 5.74) is 3.59. The molecule has 1 fully saturated rings. The van der Waals surface area contributed by atoms with E-state index in [4.69, 9.17) is 28.4 Å². The lowest BCUT2D eigenvalue weighted by Gasteiger charge is -2.47. The lowest BCUT2D eigenvalue weighted by atomic mass is 9.95. The molecule has 5 rings (SSSR count). The second-order valence-electron chi connectivity index (χ2n) is 11.4. The van der Waals surface area contributed by atoms with Crippen LogP contribution >= 0.6 is 11.8 Å². The molecular weight excluding hydrogens is 612 g/mol. The normalized spacial score (nSPS) is 21.6. The maximum Gasteiger partial charge on any atom is 0.303 e. The van der Waals surface area contributed by atoms with Gasteiger partial charge in [-0.15, -0.1) is 11.8 Å². The smallest absolute Gasteiger partial charge is 0.303 e. The van der Waals surface area contributed by atoms with Gasteiger partial charge < -0.3 is 28.4 Å². The van der Waals surface area contributed by atoms with Gasteiger partial charge in [-0.3, -0.25) is 4.79 Å². The summed E-state index contributed by atoms with van der Waals surface area (Å²) in [5, 5.41) is 0. The molecule has 6 atom stereocenters. The highest BCUT2D eigenvalue weighted by atomic mass is 32.2. The molecule has 0 radical (unpaired) electrons. The van der Waals surface area contributed by atoms with E-state index in [1.807, 2.05) is 121 Å². The first-order valence-electron chi connectivity index (χ1n) is 16.1. The fraction of sp³-hybridized carbons (Fsp3) is 0.359. The lowest BCUT2D eigenvalue weighted by molar-refractivity contribution is -0.265. The maximum atomic E-state index is 12.5. The number of ether oxygens (including phenoxy) is 6. The highest BCUT2D eigenvalue weighted by molar-refractivity contribution is 7.99. The molecule has 8 heteroatoms. The second-order valence-corrected chi connectivity index (χ2v) is 12.7. The fourth-order valence-corrected chi connectivity index (χ4v) is 6.48. The second kappa shape index (κ2) is 18.7. The summed E-state index contributed by atoms with van der Waals surface area (Å²) in [7, 11) is 0. The van der Waals surface area contributed by atoms with Crippen LogP contribution in [0.25, 0.3) is 0 Å². The van der Waals surface area contributed by atoms with E-state index in [9.17, 15) is 4.79 Å². The zero-order valence-electron chi connectivity index (χ0n) is 27.0. The minimum atomic E-state index is -0.710. The Morgan fingerprint density at radius 1 is 0.660 bits per heavy atom. The molecule has 4 aromatic rings. The van der Waals surface area contributed by atoms with E-state index in [1.54, 1.807) is 11.8 Å². The Kier molecular flexibility index (Phi) is 13.9. The molecule has 0 spiro atoms. The SMILES string of the molecule is CCSC1OC([C@@H](COCc2ccccc2)OCc2ccccc2)C(OCc2ccccc2)C(OCc2ccccc2)C1OC(C)=O. The van der Waals surface area contributed by atoms with Crippen LogP contribution in [0.15, 0.2) is 121 Å². The monoisotopic (exact) mass is 656 g/mol. The molecule has 1 aliphatic heterocycles. The molecule has 47 heavy (non-hydrogen) atoms. The van der Waals surface area contributed by atoms with Crippen molar-refractivity contribution in [3.8, 4) is 0 Å². The van der Waals surface area contributed by atoms with E-state index in [1.165, 1.54) is 6.92 Å². The first-order valence-corrected chi connectivity index (χ1v) is 17.2.